The standard InChI is InChI=1S/C23H30N2O5/c1-27-20-13-17(14-21(28-2)22(20)29-3)23(26)24-18(15-25-11-7-8-12-25)16-30-19-9-5-4-6-10-19/h4-6,9-10,13-14,18H,7-8,11-12,15-16H2,1-3H3,(H,24,26)/t18-/m1/s1. The van der Waals surface area contributed by atoms with E-state index in [1.807, 2.05) is 30.3 Å². The number of para-hydroxylation sites is 1. The molecule has 1 saturated heterocycles. The summed E-state index contributed by atoms with van der Waals surface area (Å²) in [5.74, 6) is 1.91. The van der Waals surface area contributed by atoms with Gasteiger partial charge in [0.1, 0.15) is 12.4 Å². The van der Waals surface area contributed by atoms with Crippen molar-refractivity contribution < 1.29 is 23.7 Å². The van der Waals surface area contributed by atoms with Gasteiger partial charge in [-0.15, -0.1) is 0 Å². The summed E-state index contributed by atoms with van der Waals surface area (Å²) in [7, 11) is 4.60. The molecule has 30 heavy (non-hydrogen) atoms. The van der Waals surface area contributed by atoms with Gasteiger partial charge < -0.3 is 29.2 Å². The average Bonchev–Trinajstić information content (AvgIpc) is 3.30. The van der Waals surface area contributed by atoms with E-state index in [0.29, 0.717) is 29.4 Å². The van der Waals surface area contributed by atoms with E-state index < -0.39 is 0 Å². The Labute approximate surface area is 177 Å². The van der Waals surface area contributed by atoms with Gasteiger partial charge in [-0.3, -0.25) is 4.79 Å². The number of amides is 1. The van der Waals surface area contributed by atoms with Crippen molar-refractivity contribution in [2.24, 2.45) is 0 Å². The summed E-state index contributed by atoms with van der Waals surface area (Å²) in [5, 5.41) is 3.11. The molecule has 0 saturated carbocycles. The van der Waals surface area contributed by atoms with Crippen LogP contribution in [0.3, 0.4) is 0 Å². The highest BCUT2D eigenvalue weighted by Crippen LogP contribution is 2.38. The third-order valence-electron chi connectivity index (χ3n) is 5.13. The molecule has 162 valence electrons. The number of methoxy groups -OCH3 is 3. The minimum Gasteiger partial charge on any atom is -0.493 e. The molecule has 1 aliphatic heterocycles. The quantitative estimate of drug-likeness (QED) is 0.645. The fourth-order valence-corrected chi connectivity index (χ4v) is 3.61. The van der Waals surface area contributed by atoms with E-state index in [1.165, 1.54) is 34.2 Å². The normalized spacial score (nSPS) is 14.8. The molecule has 1 amide bonds. The fraction of sp³-hybridized carbons (Fsp3) is 0.435. The highest BCUT2D eigenvalue weighted by Gasteiger charge is 2.22. The number of carbonyl (C=O) groups is 1. The number of nitrogens with zero attached hydrogens (tertiary/aromatic N) is 1. The van der Waals surface area contributed by atoms with Gasteiger partial charge in [-0.25, -0.2) is 0 Å². The molecule has 0 aliphatic carbocycles. The van der Waals surface area contributed by atoms with Crippen LogP contribution in [0.2, 0.25) is 0 Å². The highest BCUT2D eigenvalue weighted by atomic mass is 16.5. The second-order valence-electron chi connectivity index (χ2n) is 7.22. The largest absolute Gasteiger partial charge is 0.493 e. The molecule has 7 nitrogen and oxygen atoms in total. The summed E-state index contributed by atoms with van der Waals surface area (Å²) in [6, 6.07) is 12.8. The monoisotopic (exact) mass is 414 g/mol. The smallest absolute Gasteiger partial charge is 0.251 e. The molecule has 0 radical (unpaired) electrons. The lowest BCUT2D eigenvalue weighted by atomic mass is 10.1. The summed E-state index contributed by atoms with van der Waals surface area (Å²) >= 11 is 0. The van der Waals surface area contributed by atoms with Crippen molar-refractivity contribution in [2.45, 2.75) is 18.9 Å². The lowest BCUT2D eigenvalue weighted by molar-refractivity contribution is 0.0906. The summed E-state index contributed by atoms with van der Waals surface area (Å²) in [4.78, 5) is 15.4. The van der Waals surface area contributed by atoms with E-state index in [9.17, 15) is 4.79 Å². The molecule has 1 N–H and O–H groups in total. The first-order valence-corrected chi connectivity index (χ1v) is 10.2. The van der Waals surface area contributed by atoms with Crippen LogP contribution in [-0.4, -0.2) is 64.4 Å². The van der Waals surface area contributed by atoms with Gasteiger partial charge in [0.25, 0.3) is 5.91 Å². The Morgan fingerprint density at radius 3 is 2.20 bits per heavy atom. The van der Waals surface area contributed by atoms with E-state index in [-0.39, 0.29) is 11.9 Å². The first-order chi connectivity index (χ1) is 14.6. The van der Waals surface area contributed by atoms with Gasteiger partial charge in [0.05, 0.1) is 27.4 Å². The second-order valence-corrected chi connectivity index (χ2v) is 7.22. The van der Waals surface area contributed by atoms with Crippen LogP contribution < -0.4 is 24.3 Å². The minimum atomic E-state index is -0.213. The third kappa shape index (κ3) is 5.57. The van der Waals surface area contributed by atoms with Crippen molar-refractivity contribution in [3.63, 3.8) is 0 Å². The van der Waals surface area contributed by atoms with Crippen LogP contribution in [0.25, 0.3) is 0 Å². The van der Waals surface area contributed by atoms with Crippen LogP contribution in [-0.2, 0) is 0 Å². The van der Waals surface area contributed by atoms with E-state index in [0.717, 1.165) is 25.4 Å². The maximum atomic E-state index is 13.0. The topological polar surface area (TPSA) is 69.3 Å². The molecular weight excluding hydrogens is 384 g/mol. The Balaban J connectivity index is 1.74. The lowest BCUT2D eigenvalue weighted by Gasteiger charge is -2.25. The van der Waals surface area contributed by atoms with Crippen molar-refractivity contribution in [1.29, 1.82) is 0 Å². The first kappa shape index (κ1) is 21.8. The molecule has 2 aromatic carbocycles. The van der Waals surface area contributed by atoms with Crippen LogP contribution in [0.5, 0.6) is 23.0 Å². The van der Waals surface area contributed by atoms with Gasteiger partial charge in [0, 0.05) is 12.1 Å². The fourth-order valence-electron chi connectivity index (χ4n) is 3.61. The summed E-state index contributed by atoms with van der Waals surface area (Å²) in [5.41, 5.74) is 0.440. The van der Waals surface area contributed by atoms with E-state index in [2.05, 4.69) is 10.2 Å². The molecule has 0 aromatic heterocycles. The second kappa shape index (κ2) is 10.7. The number of nitrogens with one attached hydrogen (secondary N) is 1. The van der Waals surface area contributed by atoms with Crippen molar-refractivity contribution >= 4 is 5.91 Å². The van der Waals surface area contributed by atoms with Crippen LogP contribution in [0.1, 0.15) is 23.2 Å². The zero-order chi connectivity index (χ0) is 21.3. The predicted molar refractivity (Wildman–Crippen MR) is 115 cm³/mol. The maximum absolute atomic E-state index is 13.0. The summed E-state index contributed by atoms with van der Waals surface area (Å²) < 4.78 is 22.0. The molecule has 2 aromatic rings. The molecule has 0 bridgehead atoms. The van der Waals surface area contributed by atoms with Gasteiger partial charge in [-0.05, 0) is 50.2 Å². The van der Waals surface area contributed by atoms with Gasteiger partial charge in [0.15, 0.2) is 11.5 Å². The Morgan fingerprint density at radius 1 is 1.00 bits per heavy atom. The minimum absolute atomic E-state index is 0.158. The third-order valence-corrected chi connectivity index (χ3v) is 5.13. The number of carbonyl (C=O) groups excluding carboxylic acids is 1. The van der Waals surface area contributed by atoms with E-state index >= 15 is 0 Å². The van der Waals surface area contributed by atoms with Crippen LogP contribution in [0, 0.1) is 0 Å². The molecule has 0 spiro atoms. The van der Waals surface area contributed by atoms with Gasteiger partial charge in [0.2, 0.25) is 5.75 Å². The van der Waals surface area contributed by atoms with Crippen molar-refractivity contribution in [1.82, 2.24) is 10.2 Å². The zero-order valence-electron chi connectivity index (χ0n) is 17.8. The SMILES string of the molecule is COc1cc(C(=O)N[C@@H](COc2ccccc2)CN2CCCC2)cc(OC)c1OC. The predicted octanol–water partition coefficient (Wildman–Crippen LogP) is 2.99. The van der Waals surface area contributed by atoms with Gasteiger partial charge in [-0.1, -0.05) is 18.2 Å². The number of likely N-dealkylation sites (tertiary alicyclic amines) is 1. The molecule has 0 unspecified atom stereocenters. The molecule has 3 rings (SSSR count). The summed E-state index contributed by atoms with van der Waals surface area (Å²) in [6.07, 6.45) is 2.38. The van der Waals surface area contributed by atoms with Crippen molar-refractivity contribution in [3.05, 3.63) is 48.0 Å². The Kier molecular flexibility index (Phi) is 7.79. The van der Waals surface area contributed by atoms with Crippen LogP contribution in [0.4, 0.5) is 0 Å². The van der Waals surface area contributed by atoms with E-state index in [1.54, 1.807) is 12.1 Å². The Hall–Kier alpha value is -2.93. The van der Waals surface area contributed by atoms with Crippen LogP contribution in [0.15, 0.2) is 42.5 Å². The first-order valence-electron chi connectivity index (χ1n) is 10.2. The molecule has 7 heteroatoms. The maximum Gasteiger partial charge on any atom is 0.251 e. The molecule has 1 fully saturated rings. The molecule has 1 atom stereocenters. The number of hydrogen-bond acceptors (Lipinski definition) is 6. The van der Waals surface area contributed by atoms with Crippen molar-refractivity contribution in [3.8, 4) is 23.0 Å². The summed E-state index contributed by atoms with van der Waals surface area (Å²) in [6.45, 7) is 3.21. The van der Waals surface area contributed by atoms with E-state index in [4.69, 9.17) is 18.9 Å². The van der Waals surface area contributed by atoms with Crippen LogP contribution >= 0.6 is 0 Å². The average molecular weight is 415 g/mol. The van der Waals surface area contributed by atoms with Gasteiger partial charge in [-0.2, -0.15) is 0 Å². The Morgan fingerprint density at radius 2 is 1.63 bits per heavy atom. The number of hydrogen-bond donors (Lipinski definition) is 1. The number of ether oxygens (including phenoxy) is 4. The molecule has 1 aliphatic rings. The van der Waals surface area contributed by atoms with Gasteiger partial charge >= 0.3 is 0 Å². The zero-order valence-corrected chi connectivity index (χ0v) is 17.8. The number of benzene rings is 2. The molecule has 1 heterocycles. The lowest BCUT2D eigenvalue weighted by Crippen LogP contribution is -2.46. The molecular formula is C23H30N2O5. The number of rotatable bonds is 10. The highest BCUT2D eigenvalue weighted by molar-refractivity contribution is 5.95. The Bertz CT molecular complexity index is 797. The van der Waals surface area contributed by atoms with Crippen molar-refractivity contribution in [2.75, 3.05) is 47.6 Å².